The van der Waals surface area contributed by atoms with Crippen LogP contribution >= 0.6 is 0 Å². The molecule has 0 aromatic heterocycles. The summed E-state index contributed by atoms with van der Waals surface area (Å²) in [4.78, 5) is 30.9. The second kappa shape index (κ2) is 12.6. The van der Waals surface area contributed by atoms with Crippen LogP contribution in [-0.4, -0.2) is 55.0 Å². The molecule has 2 amide bonds. The molecule has 0 spiro atoms. The fourth-order valence-corrected chi connectivity index (χ4v) is 5.52. The van der Waals surface area contributed by atoms with E-state index in [1.54, 1.807) is 18.2 Å². The third kappa shape index (κ3) is 6.87. The molecule has 1 saturated carbocycles. The molecule has 2 aliphatic rings. The summed E-state index contributed by atoms with van der Waals surface area (Å²) in [6.07, 6.45) is 3.95. The van der Waals surface area contributed by atoms with Crippen molar-refractivity contribution in [2.24, 2.45) is 5.73 Å². The van der Waals surface area contributed by atoms with Crippen molar-refractivity contribution in [1.29, 1.82) is 0 Å². The number of rotatable bonds is 7. The minimum Gasteiger partial charge on any atom is -0.369 e. The molecule has 8 heteroatoms. The van der Waals surface area contributed by atoms with E-state index in [0.717, 1.165) is 68.7 Å². The van der Waals surface area contributed by atoms with Crippen LogP contribution in [0, 0.1) is 12.7 Å². The maximum atomic E-state index is 13.3. The summed E-state index contributed by atoms with van der Waals surface area (Å²) in [6, 6.07) is 19.5. The van der Waals surface area contributed by atoms with Crippen LogP contribution in [0.2, 0.25) is 0 Å². The van der Waals surface area contributed by atoms with Crippen LogP contribution in [0.15, 0.2) is 66.7 Å². The monoisotopic (exact) mass is 543 g/mol. The fraction of sp³-hybridized carbons (Fsp3) is 0.375. The first-order chi connectivity index (χ1) is 19.4. The Morgan fingerprint density at radius 2 is 1.55 bits per heavy atom. The van der Waals surface area contributed by atoms with Crippen LogP contribution in [0.5, 0.6) is 0 Å². The second-order valence-corrected chi connectivity index (χ2v) is 11.0. The molecule has 1 heterocycles. The summed E-state index contributed by atoms with van der Waals surface area (Å²) in [5.74, 6) is -0.622. The van der Waals surface area contributed by atoms with Crippen molar-refractivity contribution in [3.8, 4) is 0 Å². The van der Waals surface area contributed by atoms with E-state index in [9.17, 15) is 14.0 Å². The first-order valence-corrected chi connectivity index (χ1v) is 14.2. The first-order valence-electron chi connectivity index (χ1n) is 14.2. The molecule has 1 aliphatic heterocycles. The quantitative estimate of drug-likeness (QED) is 0.402. The van der Waals surface area contributed by atoms with E-state index in [-0.39, 0.29) is 29.7 Å². The molecule has 3 aromatic carbocycles. The van der Waals surface area contributed by atoms with Gasteiger partial charge in [0.15, 0.2) is 0 Å². The molecule has 2 fully saturated rings. The first kappa shape index (κ1) is 27.8. The number of carbonyl (C=O) groups excluding carboxylic acids is 2. The Morgan fingerprint density at radius 3 is 2.25 bits per heavy atom. The minimum absolute atomic E-state index is 0.0359. The Labute approximate surface area is 235 Å². The standard InChI is InChI=1S/C32H38FN5O2/c1-22-6-8-23(9-7-22)31(39)36-30-20-24(32(40)35-29-5-3-2-4-28(29)34)10-11-25(30)21-37-16-18-38(19-17-37)27-14-12-26(33)13-15-27/h6-15,20,28-29H,2-5,16-19,21,34H2,1H3,(H,35,40)(H,36,39). The number of benzene rings is 3. The number of hydrogen-bond donors (Lipinski definition) is 3. The van der Waals surface area contributed by atoms with Gasteiger partial charge in [-0.2, -0.15) is 0 Å². The van der Waals surface area contributed by atoms with Gasteiger partial charge in [0.25, 0.3) is 11.8 Å². The summed E-state index contributed by atoms with van der Waals surface area (Å²) < 4.78 is 13.3. The van der Waals surface area contributed by atoms with E-state index < -0.39 is 0 Å². The lowest BCUT2D eigenvalue weighted by molar-refractivity contribution is 0.0920. The molecule has 210 valence electrons. The Bertz CT molecular complexity index is 1320. The maximum Gasteiger partial charge on any atom is 0.255 e. The van der Waals surface area contributed by atoms with Crippen LogP contribution in [0.25, 0.3) is 0 Å². The van der Waals surface area contributed by atoms with E-state index in [1.807, 2.05) is 43.3 Å². The number of aryl methyl sites for hydroxylation is 1. The number of nitrogens with zero attached hydrogens (tertiary/aromatic N) is 2. The van der Waals surface area contributed by atoms with Gasteiger partial charge in [-0.3, -0.25) is 14.5 Å². The maximum absolute atomic E-state index is 13.3. The van der Waals surface area contributed by atoms with Crippen LogP contribution in [0.4, 0.5) is 15.8 Å². The smallest absolute Gasteiger partial charge is 0.255 e. The highest BCUT2D eigenvalue weighted by Gasteiger charge is 2.25. The lowest BCUT2D eigenvalue weighted by atomic mass is 9.91. The predicted octanol–water partition coefficient (Wildman–Crippen LogP) is 4.71. The number of piperazine rings is 1. The molecule has 1 saturated heterocycles. The number of amides is 2. The van der Waals surface area contributed by atoms with Gasteiger partial charge in [0, 0.05) is 67.3 Å². The molecule has 0 bridgehead atoms. The molecular formula is C32H38FN5O2. The summed E-state index contributed by atoms with van der Waals surface area (Å²) in [6.45, 7) is 5.90. The van der Waals surface area contributed by atoms with Crippen molar-refractivity contribution in [2.45, 2.75) is 51.2 Å². The van der Waals surface area contributed by atoms with Gasteiger partial charge in [-0.05, 0) is 73.9 Å². The minimum atomic E-state index is -0.235. The SMILES string of the molecule is Cc1ccc(C(=O)Nc2cc(C(=O)NC3CCCCC3N)ccc2CN2CCN(c3ccc(F)cc3)CC2)cc1. The number of hydrogen-bond acceptors (Lipinski definition) is 5. The normalized spacial score (nSPS) is 19.7. The molecular weight excluding hydrogens is 505 g/mol. The van der Waals surface area contributed by atoms with Gasteiger partial charge in [-0.15, -0.1) is 0 Å². The zero-order valence-corrected chi connectivity index (χ0v) is 23.0. The third-order valence-corrected chi connectivity index (χ3v) is 8.03. The highest BCUT2D eigenvalue weighted by molar-refractivity contribution is 6.05. The molecule has 3 aromatic rings. The number of nitrogens with one attached hydrogen (secondary N) is 2. The summed E-state index contributed by atoms with van der Waals surface area (Å²) in [5, 5.41) is 6.18. The zero-order valence-electron chi connectivity index (χ0n) is 23.0. The van der Waals surface area contributed by atoms with Gasteiger partial charge in [-0.1, -0.05) is 36.6 Å². The lowest BCUT2D eigenvalue weighted by Crippen LogP contribution is -2.49. The Balaban J connectivity index is 1.31. The van der Waals surface area contributed by atoms with Gasteiger partial charge in [0.05, 0.1) is 0 Å². The highest BCUT2D eigenvalue weighted by Crippen LogP contribution is 2.24. The number of carbonyl (C=O) groups is 2. The van der Waals surface area contributed by atoms with Crippen molar-refractivity contribution in [1.82, 2.24) is 10.2 Å². The predicted molar refractivity (Wildman–Crippen MR) is 157 cm³/mol. The van der Waals surface area contributed by atoms with Gasteiger partial charge in [-0.25, -0.2) is 4.39 Å². The Kier molecular flexibility index (Phi) is 8.77. The average molecular weight is 544 g/mol. The summed E-state index contributed by atoms with van der Waals surface area (Å²) in [7, 11) is 0. The number of nitrogens with two attached hydrogens (primary N) is 1. The largest absolute Gasteiger partial charge is 0.369 e. The van der Waals surface area contributed by atoms with Crippen molar-refractivity contribution in [2.75, 3.05) is 36.4 Å². The molecule has 7 nitrogen and oxygen atoms in total. The average Bonchev–Trinajstić information content (AvgIpc) is 2.96. The molecule has 0 radical (unpaired) electrons. The van der Waals surface area contributed by atoms with Crippen LogP contribution in [-0.2, 0) is 6.54 Å². The van der Waals surface area contributed by atoms with Crippen molar-refractivity contribution < 1.29 is 14.0 Å². The highest BCUT2D eigenvalue weighted by atomic mass is 19.1. The number of anilines is 2. The molecule has 40 heavy (non-hydrogen) atoms. The van der Waals surface area contributed by atoms with Crippen molar-refractivity contribution >= 4 is 23.2 Å². The van der Waals surface area contributed by atoms with Gasteiger partial charge in [0.1, 0.15) is 5.82 Å². The Morgan fingerprint density at radius 1 is 0.875 bits per heavy atom. The van der Waals surface area contributed by atoms with Gasteiger partial charge >= 0.3 is 0 Å². The van der Waals surface area contributed by atoms with Crippen molar-refractivity contribution in [3.63, 3.8) is 0 Å². The summed E-state index contributed by atoms with van der Waals surface area (Å²) in [5.41, 5.74) is 11.0. The van der Waals surface area contributed by atoms with Crippen molar-refractivity contribution in [3.05, 3.63) is 94.8 Å². The topological polar surface area (TPSA) is 90.7 Å². The molecule has 1 aliphatic carbocycles. The van der Waals surface area contributed by atoms with Gasteiger partial charge in [0.2, 0.25) is 0 Å². The zero-order chi connectivity index (χ0) is 28.1. The summed E-state index contributed by atoms with van der Waals surface area (Å²) >= 11 is 0. The van der Waals surface area contributed by atoms with E-state index in [1.165, 1.54) is 12.1 Å². The lowest BCUT2D eigenvalue weighted by Gasteiger charge is -2.36. The molecule has 2 unspecified atom stereocenters. The molecule has 5 rings (SSSR count). The van der Waals surface area contributed by atoms with E-state index in [4.69, 9.17) is 5.73 Å². The van der Waals surface area contributed by atoms with Gasteiger partial charge < -0.3 is 21.3 Å². The van der Waals surface area contributed by atoms with E-state index in [2.05, 4.69) is 20.4 Å². The van der Waals surface area contributed by atoms with E-state index in [0.29, 0.717) is 23.4 Å². The van der Waals surface area contributed by atoms with Crippen LogP contribution in [0.3, 0.4) is 0 Å². The number of halogens is 1. The fourth-order valence-electron chi connectivity index (χ4n) is 5.52. The Hall–Kier alpha value is -3.75. The van der Waals surface area contributed by atoms with Crippen LogP contribution in [0.1, 0.15) is 57.5 Å². The van der Waals surface area contributed by atoms with Crippen LogP contribution < -0.4 is 21.3 Å². The second-order valence-electron chi connectivity index (χ2n) is 11.0. The van der Waals surface area contributed by atoms with E-state index >= 15 is 0 Å². The molecule has 2 atom stereocenters. The third-order valence-electron chi connectivity index (χ3n) is 8.03. The molecule has 4 N–H and O–H groups in total.